The first-order chi connectivity index (χ1) is 20.2. The second-order valence-corrected chi connectivity index (χ2v) is 10.5. The molecule has 2 amide bonds. The van der Waals surface area contributed by atoms with E-state index in [0.29, 0.717) is 32.7 Å². The van der Waals surface area contributed by atoms with Gasteiger partial charge >= 0.3 is 6.18 Å². The molecular formula is C34H20ClF3N2O2. The van der Waals surface area contributed by atoms with Crippen molar-refractivity contribution in [3.8, 4) is 27.9 Å². The fourth-order valence-corrected chi connectivity index (χ4v) is 6.24. The average Bonchev–Trinajstić information content (AvgIpc) is 3.44. The van der Waals surface area contributed by atoms with Gasteiger partial charge in [-0.05, 0) is 29.8 Å². The number of hydrogen-bond donors (Lipinski definition) is 0. The van der Waals surface area contributed by atoms with Crippen molar-refractivity contribution in [3.05, 3.63) is 125 Å². The van der Waals surface area contributed by atoms with Crippen molar-refractivity contribution in [3.63, 3.8) is 0 Å². The van der Waals surface area contributed by atoms with Crippen LogP contribution in [0, 0.1) is 0 Å². The second kappa shape index (κ2) is 9.33. The maximum atomic E-state index is 14.3. The van der Waals surface area contributed by atoms with Gasteiger partial charge in [-0.1, -0.05) is 90.5 Å². The Morgan fingerprint density at radius 3 is 1.76 bits per heavy atom. The molecule has 0 N–H and O–H groups in total. The molecule has 1 aliphatic heterocycles. The van der Waals surface area contributed by atoms with Crippen LogP contribution in [0.5, 0.6) is 0 Å². The number of benzene rings is 5. The van der Waals surface area contributed by atoms with E-state index in [1.54, 1.807) is 42.5 Å². The van der Waals surface area contributed by atoms with Crippen molar-refractivity contribution in [2.24, 2.45) is 0 Å². The summed E-state index contributed by atoms with van der Waals surface area (Å²) in [5.41, 5.74) is 2.97. The Kier molecular flexibility index (Phi) is 5.78. The van der Waals surface area contributed by atoms with Gasteiger partial charge in [0.05, 0.1) is 33.4 Å². The molecule has 4 nitrogen and oxygen atoms in total. The Bertz CT molecular complexity index is 2110. The summed E-state index contributed by atoms with van der Waals surface area (Å²) >= 11 is 6.67. The predicted molar refractivity (Wildman–Crippen MR) is 158 cm³/mol. The van der Waals surface area contributed by atoms with E-state index >= 15 is 0 Å². The van der Waals surface area contributed by atoms with Crippen LogP contribution in [-0.4, -0.2) is 28.3 Å². The number of amides is 2. The molecule has 7 rings (SSSR count). The summed E-state index contributed by atoms with van der Waals surface area (Å²) < 4.78 is 44.7. The normalized spacial score (nSPS) is 13.4. The predicted octanol–water partition coefficient (Wildman–Crippen LogP) is 9.02. The lowest BCUT2D eigenvalue weighted by molar-refractivity contribution is -0.137. The molecule has 8 heteroatoms. The minimum absolute atomic E-state index is 0.00560. The van der Waals surface area contributed by atoms with Gasteiger partial charge in [-0.2, -0.15) is 13.2 Å². The van der Waals surface area contributed by atoms with Crippen molar-refractivity contribution in [2.45, 2.75) is 6.18 Å². The Balaban J connectivity index is 1.72. The molecule has 0 unspecified atom stereocenters. The Morgan fingerprint density at radius 2 is 1.12 bits per heavy atom. The first kappa shape index (κ1) is 26.0. The lowest BCUT2D eigenvalue weighted by Crippen LogP contribution is -2.24. The Hall–Kier alpha value is -4.88. The van der Waals surface area contributed by atoms with Gasteiger partial charge in [-0.15, -0.1) is 0 Å². The number of rotatable bonds is 3. The van der Waals surface area contributed by atoms with Crippen molar-refractivity contribution in [1.29, 1.82) is 0 Å². The molecule has 0 bridgehead atoms. The fraction of sp³-hybridized carbons (Fsp3) is 0.0588. The topological polar surface area (TPSA) is 42.3 Å². The molecule has 2 heterocycles. The maximum Gasteiger partial charge on any atom is 0.417 e. The van der Waals surface area contributed by atoms with Crippen LogP contribution in [0.15, 0.2) is 103 Å². The Labute approximate surface area is 243 Å². The number of carbonyl (C=O) groups excluding carboxylic acids is 2. The highest BCUT2D eigenvalue weighted by molar-refractivity contribution is 6.34. The highest BCUT2D eigenvalue weighted by atomic mass is 35.5. The van der Waals surface area contributed by atoms with Gasteiger partial charge in [0, 0.05) is 39.5 Å². The van der Waals surface area contributed by atoms with Crippen LogP contribution in [0.2, 0.25) is 5.02 Å². The van der Waals surface area contributed by atoms with Gasteiger partial charge in [-0.25, -0.2) is 0 Å². The molecule has 42 heavy (non-hydrogen) atoms. The molecule has 5 aromatic carbocycles. The highest BCUT2D eigenvalue weighted by Crippen LogP contribution is 2.46. The van der Waals surface area contributed by atoms with Gasteiger partial charge in [-0.3, -0.25) is 14.5 Å². The van der Waals surface area contributed by atoms with Gasteiger partial charge in [0.25, 0.3) is 11.8 Å². The summed E-state index contributed by atoms with van der Waals surface area (Å²) in [5, 5.41) is 1.95. The number of imide groups is 1. The number of fused-ring (bicyclic) bond motifs is 4. The van der Waals surface area contributed by atoms with Crippen molar-refractivity contribution in [2.75, 3.05) is 7.05 Å². The van der Waals surface area contributed by atoms with Crippen molar-refractivity contribution >= 4 is 45.2 Å². The van der Waals surface area contributed by atoms with Crippen LogP contribution >= 0.6 is 11.6 Å². The van der Waals surface area contributed by atoms with Gasteiger partial charge in [0.1, 0.15) is 0 Å². The van der Waals surface area contributed by atoms with E-state index in [1.807, 2.05) is 47.0 Å². The van der Waals surface area contributed by atoms with Crippen LogP contribution in [-0.2, 0) is 6.18 Å². The lowest BCUT2D eigenvalue weighted by atomic mass is 9.96. The largest absolute Gasteiger partial charge is 0.417 e. The molecular weight excluding hydrogens is 561 g/mol. The summed E-state index contributed by atoms with van der Waals surface area (Å²) in [6.07, 6.45) is -4.60. The molecule has 206 valence electrons. The minimum Gasteiger partial charge on any atom is -0.307 e. The zero-order valence-corrected chi connectivity index (χ0v) is 22.8. The number of nitrogens with zero attached hydrogens (tertiary/aromatic N) is 2. The second-order valence-electron chi connectivity index (χ2n) is 10.1. The number of hydrogen-bond acceptors (Lipinski definition) is 2. The van der Waals surface area contributed by atoms with Crippen molar-refractivity contribution < 1.29 is 22.8 Å². The third kappa shape index (κ3) is 3.70. The van der Waals surface area contributed by atoms with E-state index in [9.17, 15) is 22.8 Å². The van der Waals surface area contributed by atoms with E-state index in [2.05, 4.69) is 0 Å². The fourth-order valence-electron chi connectivity index (χ4n) is 6.01. The number of halogens is 4. The van der Waals surface area contributed by atoms with Crippen molar-refractivity contribution in [1.82, 2.24) is 9.47 Å². The summed E-state index contributed by atoms with van der Waals surface area (Å²) in [5.74, 6) is -0.921. The van der Waals surface area contributed by atoms with E-state index in [0.717, 1.165) is 27.5 Å². The number of aromatic nitrogens is 1. The van der Waals surface area contributed by atoms with Crippen LogP contribution in [0.1, 0.15) is 26.3 Å². The molecule has 0 fully saturated rings. The van der Waals surface area contributed by atoms with E-state index < -0.39 is 23.6 Å². The molecule has 0 spiro atoms. The van der Waals surface area contributed by atoms with Crippen LogP contribution < -0.4 is 0 Å². The highest BCUT2D eigenvalue weighted by Gasteiger charge is 2.37. The lowest BCUT2D eigenvalue weighted by Gasteiger charge is -2.18. The molecule has 0 saturated heterocycles. The number of carbonyl (C=O) groups is 2. The number of alkyl halides is 3. The third-order valence-corrected chi connectivity index (χ3v) is 8.16. The monoisotopic (exact) mass is 580 g/mol. The smallest absolute Gasteiger partial charge is 0.307 e. The minimum atomic E-state index is -4.60. The van der Waals surface area contributed by atoms with E-state index in [4.69, 9.17) is 11.6 Å². The Morgan fingerprint density at radius 1 is 0.595 bits per heavy atom. The summed E-state index contributed by atoms with van der Waals surface area (Å²) in [6, 6.07) is 28.7. The average molecular weight is 581 g/mol. The summed E-state index contributed by atoms with van der Waals surface area (Å²) in [4.78, 5) is 27.5. The SMILES string of the molecule is CN1C(=O)c2cccc(-n3c4c(-c5ccccc5Cl)cccc4c4cccc(-c5ccccc5C(F)(F)F)c43)c2C1=O. The van der Waals surface area contributed by atoms with Gasteiger partial charge < -0.3 is 4.57 Å². The van der Waals surface area contributed by atoms with E-state index in [1.165, 1.54) is 19.2 Å². The molecule has 0 atom stereocenters. The van der Waals surface area contributed by atoms with E-state index in [-0.39, 0.29) is 16.7 Å². The third-order valence-electron chi connectivity index (χ3n) is 7.83. The molecule has 0 aliphatic carbocycles. The summed E-state index contributed by atoms with van der Waals surface area (Å²) in [7, 11) is 1.42. The van der Waals surface area contributed by atoms with Crippen LogP contribution in [0.4, 0.5) is 13.2 Å². The molecule has 0 saturated carbocycles. The molecule has 1 aromatic heterocycles. The summed E-state index contributed by atoms with van der Waals surface area (Å²) in [6.45, 7) is 0. The molecule has 0 radical (unpaired) electrons. The first-order valence-electron chi connectivity index (χ1n) is 13.1. The quantitative estimate of drug-likeness (QED) is 0.196. The van der Waals surface area contributed by atoms with Crippen LogP contribution in [0.3, 0.4) is 0 Å². The van der Waals surface area contributed by atoms with Gasteiger partial charge in [0.2, 0.25) is 0 Å². The first-order valence-corrected chi connectivity index (χ1v) is 13.5. The standard InChI is InChI=1S/C34H20ClF3N2O2/c1-39-32(41)25-15-8-18-28(29(25)33(39)42)40-30-21(19-9-2-4-16-26(19)34(36,37)38)11-6-13-23(30)24-14-7-12-22(31(24)40)20-10-3-5-17-27(20)35/h2-18H,1H3. The maximum absolute atomic E-state index is 14.3. The zero-order chi connectivity index (χ0) is 29.3. The molecule has 1 aliphatic rings. The molecule has 6 aromatic rings. The van der Waals surface area contributed by atoms with Crippen LogP contribution in [0.25, 0.3) is 49.7 Å². The number of para-hydroxylation sites is 2. The zero-order valence-electron chi connectivity index (χ0n) is 22.0. The van der Waals surface area contributed by atoms with Gasteiger partial charge in [0.15, 0.2) is 0 Å².